The molecule has 3 aliphatic rings. The molecule has 0 radical (unpaired) electrons. The molecule has 0 aliphatic carbocycles. The Morgan fingerprint density at radius 3 is 2.47 bits per heavy atom. The molecule has 4 heterocycles. The van der Waals surface area contributed by atoms with E-state index in [0.29, 0.717) is 53.9 Å². The topological polar surface area (TPSA) is 114 Å². The number of piperidine rings is 2. The number of sulfonamides is 1. The summed E-state index contributed by atoms with van der Waals surface area (Å²) < 4.78 is 46.0. The number of benzene rings is 1. The third-order valence-electron chi connectivity index (χ3n) is 9.35. The van der Waals surface area contributed by atoms with E-state index in [0.717, 1.165) is 58.5 Å². The number of ether oxygens (including phenoxy) is 3. The first-order valence-electron chi connectivity index (χ1n) is 16.3. The highest BCUT2D eigenvalue weighted by Gasteiger charge is 2.36. The van der Waals surface area contributed by atoms with Crippen LogP contribution in [-0.4, -0.2) is 118 Å². The fourth-order valence-corrected chi connectivity index (χ4v) is 9.01. The summed E-state index contributed by atoms with van der Waals surface area (Å²) in [5.74, 6) is 0.602. The number of methoxy groups -OCH3 is 1. The van der Waals surface area contributed by atoms with Gasteiger partial charge in [-0.25, -0.2) is 8.42 Å². The lowest BCUT2D eigenvalue weighted by atomic mass is 10.0. The Bertz CT molecular complexity index is 1340. The summed E-state index contributed by atoms with van der Waals surface area (Å²) in [4.78, 5) is 22.1. The van der Waals surface area contributed by atoms with Crippen LogP contribution in [0.5, 0.6) is 5.75 Å². The molecule has 2 unspecified atom stereocenters. The number of carbonyl (C=O) groups is 1. The lowest BCUT2D eigenvalue weighted by molar-refractivity contribution is -0.137. The number of aromatic nitrogens is 1. The fourth-order valence-electron chi connectivity index (χ4n) is 6.91. The average Bonchev–Trinajstić information content (AvgIpc) is 3.06. The number of pyridine rings is 1. The summed E-state index contributed by atoms with van der Waals surface area (Å²) in [6.45, 7) is 9.69. The van der Waals surface area contributed by atoms with Crippen LogP contribution in [0.4, 0.5) is 0 Å². The quantitative estimate of drug-likeness (QED) is 0.373. The molecule has 45 heavy (non-hydrogen) atoms. The maximum Gasteiger partial charge on any atom is 0.248 e. The van der Waals surface area contributed by atoms with Crippen molar-refractivity contribution in [3.05, 3.63) is 53.3 Å². The van der Waals surface area contributed by atoms with Gasteiger partial charge in [-0.1, -0.05) is 12.5 Å². The number of hydrogen-bond acceptors (Lipinski definition) is 9. The lowest BCUT2D eigenvalue weighted by Crippen LogP contribution is -2.49. The molecule has 248 valence electrons. The van der Waals surface area contributed by atoms with Gasteiger partial charge in [0.05, 0.1) is 31.8 Å². The third kappa shape index (κ3) is 8.41. The molecule has 2 aromatic rings. The van der Waals surface area contributed by atoms with Crippen LogP contribution >= 0.6 is 0 Å². The van der Waals surface area contributed by atoms with Crippen molar-refractivity contribution in [1.82, 2.24) is 24.4 Å². The second-order valence-electron chi connectivity index (χ2n) is 12.4. The minimum atomic E-state index is -3.73. The van der Waals surface area contributed by atoms with Crippen LogP contribution in [-0.2, 0) is 24.3 Å². The van der Waals surface area contributed by atoms with Crippen molar-refractivity contribution in [1.29, 1.82) is 0 Å². The van der Waals surface area contributed by atoms with Gasteiger partial charge in [0.1, 0.15) is 12.4 Å². The van der Waals surface area contributed by atoms with E-state index in [-0.39, 0.29) is 31.2 Å². The number of amides is 1. The zero-order valence-electron chi connectivity index (χ0n) is 26.9. The molecule has 1 N–H and O–H groups in total. The van der Waals surface area contributed by atoms with E-state index in [9.17, 15) is 13.2 Å². The van der Waals surface area contributed by atoms with Gasteiger partial charge in [-0.2, -0.15) is 4.31 Å². The molecule has 12 heteroatoms. The number of rotatable bonds is 12. The van der Waals surface area contributed by atoms with Gasteiger partial charge in [0, 0.05) is 69.8 Å². The molecule has 1 aromatic carbocycles. The van der Waals surface area contributed by atoms with Crippen molar-refractivity contribution in [3.63, 3.8) is 0 Å². The predicted molar refractivity (Wildman–Crippen MR) is 172 cm³/mol. The van der Waals surface area contributed by atoms with Crippen LogP contribution in [0.25, 0.3) is 0 Å². The molecule has 2 atom stereocenters. The van der Waals surface area contributed by atoms with Crippen molar-refractivity contribution in [2.45, 2.75) is 69.0 Å². The fraction of sp³-hybridized carbons (Fsp3) is 0.636. The van der Waals surface area contributed by atoms with Crippen LogP contribution < -0.4 is 10.1 Å². The van der Waals surface area contributed by atoms with Crippen LogP contribution in [0.3, 0.4) is 0 Å². The smallest absolute Gasteiger partial charge is 0.248 e. The summed E-state index contributed by atoms with van der Waals surface area (Å²) in [6.07, 6.45) is 7.97. The molecular formula is C33H49N5O6S. The highest BCUT2D eigenvalue weighted by Crippen LogP contribution is 2.32. The Labute approximate surface area is 268 Å². The molecule has 5 rings (SSSR count). The highest BCUT2D eigenvalue weighted by atomic mass is 32.2. The van der Waals surface area contributed by atoms with Crippen LogP contribution in [0.2, 0.25) is 0 Å². The maximum absolute atomic E-state index is 13.8. The van der Waals surface area contributed by atoms with Crippen LogP contribution in [0.15, 0.2) is 41.6 Å². The van der Waals surface area contributed by atoms with E-state index in [1.165, 1.54) is 5.56 Å². The first-order valence-corrected chi connectivity index (χ1v) is 17.7. The van der Waals surface area contributed by atoms with Gasteiger partial charge >= 0.3 is 0 Å². The van der Waals surface area contributed by atoms with Gasteiger partial charge in [0.25, 0.3) is 0 Å². The van der Waals surface area contributed by atoms with Crippen molar-refractivity contribution < 1.29 is 27.4 Å². The van der Waals surface area contributed by atoms with Gasteiger partial charge in [-0.15, -0.1) is 0 Å². The Morgan fingerprint density at radius 1 is 1.07 bits per heavy atom. The van der Waals surface area contributed by atoms with E-state index in [1.54, 1.807) is 43.6 Å². The number of nitrogens with one attached hydrogen (secondary N) is 1. The minimum Gasteiger partial charge on any atom is -0.497 e. The molecule has 1 amide bonds. The average molecular weight is 644 g/mol. The van der Waals surface area contributed by atoms with Gasteiger partial charge in [0.2, 0.25) is 15.9 Å². The lowest BCUT2D eigenvalue weighted by Gasteiger charge is -2.37. The Kier molecular flexibility index (Phi) is 11.8. The van der Waals surface area contributed by atoms with Gasteiger partial charge in [-0.3, -0.25) is 14.7 Å². The standard InChI is InChI=1S/C33H49N5O6S/c1-25-19-30(42-3)20-26(2)33(25)45(40,41)38-12-5-4-8-29(38)23-44-24-32(39)37-13-9-28(10-14-37)35-22-31(27-7-6-11-34-21-27)36-15-17-43-18-16-36/h6-7,11,19-21,28-29,31,35H,4-5,8-10,12-18,22-24H2,1-3H3. The number of nitrogens with zero attached hydrogens (tertiary/aromatic N) is 4. The van der Waals surface area contributed by atoms with E-state index in [1.807, 2.05) is 17.2 Å². The second kappa shape index (κ2) is 15.8. The molecule has 3 fully saturated rings. The number of carbonyl (C=O) groups excluding carboxylic acids is 1. The molecule has 3 saturated heterocycles. The Morgan fingerprint density at radius 2 is 1.80 bits per heavy atom. The molecule has 11 nitrogen and oxygen atoms in total. The van der Waals surface area contributed by atoms with Gasteiger partial charge in [-0.05, 0) is 74.4 Å². The van der Waals surface area contributed by atoms with E-state index >= 15 is 0 Å². The zero-order valence-corrected chi connectivity index (χ0v) is 27.8. The van der Waals surface area contributed by atoms with Gasteiger partial charge in [0.15, 0.2) is 0 Å². The SMILES string of the molecule is COc1cc(C)c(S(=O)(=O)N2CCCCC2COCC(=O)N2CCC(NCC(c3cccnc3)N3CCOCC3)CC2)c(C)c1. The summed E-state index contributed by atoms with van der Waals surface area (Å²) in [6, 6.07) is 7.91. The van der Waals surface area contributed by atoms with Gasteiger partial charge < -0.3 is 24.4 Å². The normalized spacial score (nSPS) is 21.5. The van der Waals surface area contributed by atoms with Crippen LogP contribution in [0.1, 0.15) is 54.8 Å². The third-order valence-corrected chi connectivity index (χ3v) is 11.6. The maximum atomic E-state index is 13.8. The van der Waals surface area contributed by atoms with E-state index in [2.05, 4.69) is 21.3 Å². The zero-order chi connectivity index (χ0) is 31.8. The van der Waals surface area contributed by atoms with Crippen LogP contribution in [0, 0.1) is 13.8 Å². The first kappa shape index (κ1) is 33.7. The monoisotopic (exact) mass is 643 g/mol. The van der Waals surface area contributed by atoms with Crippen molar-refractivity contribution in [2.75, 3.05) is 72.8 Å². The van der Waals surface area contributed by atoms with Crippen molar-refractivity contribution >= 4 is 15.9 Å². The molecule has 0 bridgehead atoms. The summed E-state index contributed by atoms with van der Waals surface area (Å²) in [5, 5.41) is 3.76. The molecular weight excluding hydrogens is 594 g/mol. The summed E-state index contributed by atoms with van der Waals surface area (Å²) in [7, 11) is -2.15. The molecule has 1 aromatic heterocycles. The van der Waals surface area contributed by atoms with Crippen molar-refractivity contribution in [3.8, 4) is 5.75 Å². The first-order chi connectivity index (χ1) is 21.8. The van der Waals surface area contributed by atoms with E-state index in [4.69, 9.17) is 14.2 Å². The van der Waals surface area contributed by atoms with E-state index < -0.39 is 10.0 Å². The number of aryl methyl sites for hydroxylation is 2. The summed E-state index contributed by atoms with van der Waals surface area (Å²) in [5.41, 5.74) is 2.54. The number of likely N-dealkylation sites (tertiary alicyclic amines) is 1. The Hall–Kier alpha value is -2.61. The largest absolute Gasteiger partial charge is 0.497 e. The predicted octanol–water partition coefficient (Wildman–Crippen LogP) is 2.92. The summed E-state index contributed by atoms with van der Waals surface area (Å²) >= 11 is 0. The highest BCUT2D eigenvalue weighted by molar-refractivity contribution is 7.89. The Balaban J connectivity index is 1.09. The molecule has 0 spiro atoms. The second-order valence-corrected chi connectivity index (χ2v) is 14.2. The number of morpholine rings is 1. The number of hydrogen-bond donors (Lipinski definition) is 1. The molecule has 3 aliphatic heterocycles. The molecule has 0 saturated carbocycles. The van der Waals surface area contributed by atoms with Crippen molar-refractivity contribution in [2.24, 2.45) is 0 Å². The minimum absolute atomic E-state index is 0.0385.